The fourth-order valence-electron chi connectivity index (χ4n) is 2.85. The molecule has 2 aromatic carbocycles. The Kier molecular flexibility index (Phi) is 6.71. The van der Waals surface area contributed by atoms with Gasteiger partial charge in [0, 0.05) is 6.92 Å². The molecule has 31 heavy (non-hydrogen) atoms. The smallest absolute Gasteiger partial charge is 0.329 e. The number of nitrogens with two attached hydrogens (primary N) is 1. The van der Waals surface area contributed by atoms with E-state index in [1.165, 1.54) is 33.3 Å². The Balaban J connectivity index is 1.89. The van der Waals surface area contributed by atoms with Gasteiger partial charge in [0.15, 0.2) is 0 Å². The zero-order valence-electron chi connectivity index (χ0n) is 17.3. The highest BCUT2D eigenvalue weighted by atomic mass is 19.1. The molecule has 0 radical (unpaired) electrons. The number of carbonyl (C=O) groups is 1. The third-order valence-electron chi connectivity index (χ3n) is 4.26. The van der Waals surface area contributed by atoms with Crippen molar-refractivity contribution in [1.29, 1.82) is 0 Å². The molecule has 0 bridgehead atoms. The van der Waals surface area contributed by atoms with E-state index in [-0.39, 0.29) is 24.3 Å². The van der Waals surface area contributed by atoms with Gasteiger partial charge in [-0.3, -0.25) is 4.79 Å². The number of halogens is 1. The average molecular weight is 427 g/mol. The first kappa shape index (κ1) is 21.6. The maximum Gasteiger partial charge on any atom is 0.329 e. The maximum absolute atomic E-state index is 13.1. The average Bonchev–Trinajstić information content (AvgIpc) is 3.21. The normalized spacial score (nSPS) is 11.2. The minimum absolute atomic E-state index is 0.0215. The summed E-state index contributed by atoms with van der Waals surface area (Å²) in [5, 5.41) is 1.11. The van der Waals surface area contributed by atoms with Gasteiger partial charge in [-0.2, -0.15) is 10.1 Å². The van der Waals surface area contributed by atoms with Gasteiger partial charge in [-0.15, -0.1) is 0 Å². The second-order valence-corrected chi connectivity index (χ2v) is 6.36. The molecule has 162 valence electrons. The van der Waals surface area contributed by atoms with Crippen molar-refractivity contribution in [3.8, 4) is 22.8 Å². The second kappa shape index (κ2) is 9.61. The molecule has 0 amide bonds. The van der Waals surface area contributed by atoms with Crippen LogP contribution in [0.1, 0.15) is 12.5 Å². The number of benzene rings is 2. The Hall–Kier alpha value is -4.08. The molecule has 0 fully saturated rings. The molecule has 0 unspecified atom stereocenters. The van der Waals surface area contributed by atoms with E-state index in [1.54, 1.807) is 36.5 Å². The highest BCUT2D eigenvalue weighted by Gasteiger charge is 2.19. The lowest BCUT2D eigenvalue weighted by atomic mass is 10.1. The largest absolute Gasteiger partial charge is 0.496 e. The predicted octanol–water partition coefficient (Wildman–Crippen LogP) is 3.16. The molecule has 0 aliphatic rings. The van der Waals surface area contributed by atoms with Crippen molar-refractivity contribution in [2.45, 2.75) is 13.5 Å². The number of hydrogen-bond donors (Lipinski definition) is 2. The minimum Gasteiger partial charge on any atom is -0.496 e. The molecule has 0 aliphatic heterocycles. The van der Waals surface area contributed by atoms with Gasteiger partial charge in [-0.05, 0) is 42.0 Å². The van der Waals surface area contributed by atoms with Gasteiger partial charge in [0.1, 0.15) is 17.3 Å². The Labute approximate surface area is 178 Å². The van der Waals surface area contributed by atoms with Gasteiger partial charge < -0.3 is 25.0 Å². The molecule has 0 saturated carbocycles. The molecule has 3 rings (SSSR count). The molecule has 0 saturated heterocycles. The first-order valence-corrected chi connectivity index (χ1v) is 9.22. The van der Waals surface area contributed by atoms with Gasteiger partial charge in [0.2, 0.25) is 11.9 Å². The SMILES string of the molecule is COc1cccc(OC)c1CN(OC(C)=O)/C(N)=N/c1ncc(-c2ccc(F)cc2)[nH]1. The van der Waals surface area contributed by atoms with Crippen LogP contribution in [0.15, 0.2) is 53.7 Å². The van der Waals surface area contributed by atoms with Crippen LogP contribution >= 0.6 is 0 Å². The number of ether oxygens (including phenoxy) is 2. The van der Waals surface area contributed by atoms with E-state index < -0.39 is 5.97 Å². The maximum atomic E-state index is 13.1. The highest BCUT2D eigenvalue weighted by molar-refractivity contribution is 5.81. The van der Waals surface area contributed by atoms with Crippen molar-refractivity contribution < 1.29 is 23.5 Å². The van der Waals surface area contributed by atoms with E-state index in [4.69, 9.17) is 20.0 Å². The standard InChI is InChI=1S/C21H22FN5O4/c1-13(28)31-27(12-16-18(29-2)5-4-6-19(16)30-3)20(23)26-21-24-11-17(25-21)14-7-9-15(22)10-8-14/h4-11H,12H2,1-3H3,(H3,23,24,25,26). The van der Waals surface area contributed by atoms with Gasteiger partial charge in [0.25, 0.3) is 0 Å². The quantitative estimate of drug-likeness (QED) is 0.353. The van der Waals surface area contributed by atoms with Crippen molar-refractivity contribution in [1.82, 2.24) is 15.0 Å². The van der Waals surface area contributed by atoms with E-state index in [0.717, 1.165) is 10.6 Å². The van der Waals surface area contributed by atoms with Crippen LogP contribution in [-0.4, -0.2) is 41.2 Å². The summed E-state index contributed by atoms with van der Waals surface area (Å²) in [6.45, 7) is 1.27. The number of hydroxylamine groups is 2. The van der Waals surface area contributed by atoms with Crippen LogP contribution in [0.4, 0.5) is 10.3 Å². The second-order valence-electron chi connectivity index (χ2n) is 6.36. The number of H-pyrrole nitrogens is 1. The zero-order valence-corrected chi connectivity index (χ0v) is 17.3. The molecule has 1 aromatic heterocycles. The summed E-state index contributed by atoms with van der Waals surface area (Å²) in [5.74, 6) is 0.193. The third-order valence-corrected chi connectivity index (χ3v) is 4.26. The first-order valence-electron chi connectivity index (χ1n) is 9.22. The zero-order chi connectivity index (χ0) is 22.4. The van der Waals surface area contributed by atoms with Gasteiger partial charge in [0.05, 0.1) is 38.2 Å². The number of carbonyl (C=O) groups excluding carboxylic acids is 1. The van der Waals surface area contributed by atoms with Crippen LogP contribution in [0.5, 0.6) is 11.5 Å². The molecule has 10 heteroatoms. The van der Waals surface area contributed by atoms with Crippen molar-refractivity contribution in [2.75, 3.05) is 14.2 Å². The Morgan fingerprint density at radius 1 is 1.16 bits per heavy atom. The van der Waals surface area contributed by atoms with E-state index in [9.17, 15) is 9.18 Å². The van der Waals surface area contributed by atoms with E-state index in [1.807, 2.05) is 0 Å². The Morgan fingerprint density at radius 3 is 2.39 bits per heavy atom. The fraction of sp³-hybridized carbons (Fsp3) is 0.190. The topological polar surface area (TPSA) is 115 Å². The molecule has 9 nitrogen and oxygen atoms in total. The van der Waals surface area contributed by atoms with Crippen LogP contribution in [0.3, 0.4) is 0 Å². The Bertz CT molecular complexity index is 1060. The number of nitrogens with one attached hydrogen (secondary N) is 1. The van der Waals surface area contributed by atoms with Crippen molar-refractivity contribution in [2.24, 2.45) is 10.7 Å². The van der Waals surface area contributed by atoms with Crippen LogP contribution in [0, 0.1) is 5.82 Å². The number of methoxy groups -OCH3 is 2. The lowest BCUT2D eigenvalue weighted by molar-refractivity contribution is -0.172. The minimum atomic E-state index is -0.585. The van der Waals surface area contributed by atoms with Crippen LogP contribution in [-0.2, 0) is 16.2 Å². The number of aromatic amines is 1. The summed E-state index contributed by atoms with van der Waals surface area (Å²) in [7, 11) is 3.04. The van der Waals surface area contributed by atoms with Crippen LogP contribution in [0.2, 0.25) is 0 Å². The summed E-state index contributed by atoms with van der Waals surface area (Å²) < 4.78 is 23.9. The number of guanidine groups is 1. The predicted molar refractivity (Wildman–Crippen MR) is 112 cm³/mol. The lowest BCUT2D eigenvalue weighted by Crippen LogP contribution is -2.38. The van der Waals surface area contributed by atoms with Crippen LogP contribution < -0.4 is 15.2 Å². The molecule has 0 spiro atoms. The first-order chi connectivity index (χ1) is 14.9. The summed E-state index contributed by atoms with van der Waals surface area (Å²) in [5.41, 5.74) is 8.06. The van der Waals surface area contributed by atoms with E-state index in [2.05, 4.69) is 15.0 Å². The summed E-state index contributed by atoms with van der Waals surface area (Å²) in [6.07, 6.45) is 1.54. The highest BCUT2D eigenvalue weighted by Crippen LogP contribution is 2.30. The van der Waals surface area contributed by atoms with Crippen molar-refractivity contribution >= 4 is 17.9 Å². The fourth-order valence-corrected chi connectivity index (χ4v) is 2.85. The van der Waals surface area contributed by atoms with Crippen molar-refractivity contribution in [3.05, 3.63) is 60.0 Å². The number of hydrogen-bond acceptors (Lipinski definition) is 6. The third kappa shape index (κ3) is 5.30. The van der Waals surface area contributed by atoms with Gasteiger partial charge in [-0.25, -0.2) is 9.37 Å². The summed E-state index contributed by atoms with van der Waals surface area (Å²) in [4.78, 5) is 28.2. The Morgan fingerprint density at radius 2 is 1.81 bits per heavy atom. The number of rotatable bonds is 6. The number of aliphatic imine (C=N–C) groups is 1. The van der Waals surface area contributed by atoms with Crippen LogP contribution in [0.25, 0.3) is 11.3 Å². The summed E-state index contributed by atoms with van der Waals surface area (Å²) >= 11 is 0. The molecular formula is C21H22FN5O4. The molecule has 3 N–H and O–H groups in total. The number of imidazole rings is 1. The lowest BCUT2D eigenvalue weighted by Gasteiger charge is -2.23. The molecule has 0 atom stereocenters. The molecule has 1 heterocycles. The number of aromatic nitrogens is 2. The van der Waals surface area contributed by atoms with E-state index >= 15 is 0 Å². The van der Waals surface area contributed by atoms with E-state index in [0.29, 0.717) is 22.8 Å². The molecule has 3 aromatic rings. The van der Waals surface area contributed by atoms with Gasteiger partial charge >= 0.3 is 5.97 Å². The van der Waals surface area contributed by atoms with Gasteiger partial charge in [-0.1, -0.05) is 6.07 Å². The monoisotopic (exact) mass is 427 g/mol. The van der Waals surface area contributed by atoms with Crippen molar-refractivity contribution in [3.63, 3.8) is 0 Å². The number of nitrogens with zero attached hydrogens (tertiary/aromatic N) is 3. The molecular weight excluding hydrogens is 405 g/mol. The summed E-state index contributed by atoms with van der Waals surface area (Å²) in [6, 6.07) is 11.2. The molecule has 0 aliphatic carbocycles.